The van der Waals surface area contributed by atoms with Crippen molar-refractivity contribution in [3.05, 3.63) is 57.5 Å². The highest BCUT2D eigenvalue weighted by Gasteiger charge is 2.50. The van der Waals surface area contributed by atoms with Crippen molar-refractivity contribution in [1.82, 2.24) is 0 Å². The summed E-state index contributed by atoms with van der Waals surface area (Å²) >= 11 is 9.41. The molecular weight excluding hydrogens is 422 g/mol. The normalized spacial score (nSPS) is 18.8. The molecule has 26 heavy (non-hydrogen) atoms. The standard InChI is InChI=1S/C19H17BrClNO4/c1-12(23)11-19(25)14-10-13(20)6-7-16(14)22(18(19)24)8-9-26-17-5-3-2-4-15(17)21/h2-7,10,25H,8-9,11H2,1H3. The second kappa shape index (κ2) is 7.39. The van der Waals surface area contributed by atoms with Gasteiger partial charge in [0, 0.05) is 16.5 Å². The van der Waals surface area contributed by atoms with Crippen molar-refractivity contribution in [1.29, 1.82) is 0 Å². The molecule has 0 aromatic heterocycles. The van der Waals surface area contributed by atoms with Crippen molar-refractivity contribution in [2.75, 3.05) is 18.1 Å². The molecule has 0 aliphatic carbocycles. The van der Waals surface area contributed by atoms with E-state index in [1.54, 1.807) is 42.5 Å². The van der Waals surface area contributed by atoms with Gasteiger partial charge in [0.05, 0.1) is 17.3 Å². The fourth-order valence-corrected chi connectivity index (χ4v) is 3.64. The van der Waals surface area contributed by atoms with Crippen LogP contribution in [-0.4, -0.2) is 29.9 Å². The molecule has 5 nitrogen and oxygen atoms in total. The van der Waals surface area contributed by atoms with E-state index in [2.05, 4.69) is 15.9 Å². The van der Waals surface area contributed by atoms with Gasteiger partial charge in [0.15, 0.2) is 5.60 Å². The zero-order valence-electron chi connectivity index (χ0n) is 14.0. The summed E-state index contributed by atoms with van der Waals surface area (Å²) in [5.74, 6) is -0.264. The van der Waals surface area contributed by atoms with Crippen LogP contribution in [0.3, 0.4) is 0 Å². The van der Waals surface area contributed by atoms with Crippen molar-refractivity contribution in [2.45, 2.75) is 18.9 Å². The largest absolute Gasteiger partial charge is 0.490 e. The average Bonchev–Trinajstić information content (AvgIpc) is 2.77. The van der Waals surface area contributed by atoms with Gasteiger partial charge in [0.2, 0.25) is 0 Å². The summed E-state index contributed by atoms with van der Waals surface area (Å²) < 4.78 is 6.37. The number of rotatable bonds is 6. The summed E-state index contributed by atoms with van der Waals surface area (Å²) in [6.45, 7) is 1.77. The van der Waals surface area contributed by atoms with Crippen LogP contribution in [0.4, 0.5) is 5.69 Å². The van der Waals surface area contributed by atoms with Gasteiger partial charge in [-0.05, 0) is 37.3 Å². The number of benzene rings is 2. The number of aliphatic hydroxyl groups is 1. The molecule has 1 unspecified atom stereocenters. The van der Waals surface area contributed by atoms with E-state index in [0.29, 0.717) is 22.0 Å². The summed E-state index contributed by atoms with van der Waals surface area (Å²) in [5.41, 5.74) is -0.857. The minimum Gasteiger partial charge on any atom is -0.490 e. The SMILES string of the molecule is CC(=O)CC1(O)C(=O)N(CCOc2ccccc2Cl)c2ccc(Br)cc21. The minimum atomic E-state index is -1.85. The molecule has 0 saturated carbocycles. The lowest BCUT2D eigenvalue weighted by molar-refractivity contribution is -0.141. The second-order valence-electron chi connectivity index (χ2n) is 6.14. The number of hydrogen-bond donors (Lipinski definition) is 1. The van der Waals surface area contributed by atoms with E-state index in [4.69, 9.17) is 16.3 Å². The predicted octanol–water partition coefficient (Wildman–Crippen LogP) is 3.69. The average molecular weight is 439 g/mol. The Morgan fingerprint density at radius 3 is 2.73 bits per heavy atom. The smallest absolute Gasteiger partial charge is 0.264 e. The molecule has 1 amide bonds. The number of fused-ring (bicyclic) bond motifs is 1. The molecule has 0 bridgehead atoms. The first-order valence-electron chi connectivity index (χ1n) is 8.04. The number of carbonyl (C=O) groups excluding carboxylic acids is 2. The quantitative estimate of drug-likeness (QED) is 0.747. The van der Waals surface area contributed by atoms with Gasteiger partial charge >= 0.3 is 0 Å². The zero-order chi connectivity index (χ0) is 18.9. The van der Waals surface area contributed by atoms with E-state index >= 15 is 0 Å². The topological polar surface area (TPSA) is 66.8 Å². The van der Waals surface area contributed by atoms with Crippen molar-refractivity contribution < 1.29 is 19.4 Å². The second-order valence-corrected chi connectivity index (χ2v) is 7.46. The number of amides is 1. The van der Waals surface area contributed by atoms with Crippen LogP contribution in [0.1, 0.15) is 18.9 Å². The van der Waals surface area contributed by atoms with Crippen LogP contribution in [0.25, 0.3) is 0 Å². The van der Waals surface area contributed by atoms with Crippen LogP contribution >= 0.6 is 27.5 Å². The Morgan fingerprint density at radius 2 is 2.04 bits per heavy atom. The fraction of sp³-hybridized carbons (Fsp3) is 0.263. The lowest BCUT2D eigenvalue weighted by Crippen LogP contribution is -2.43. The molecular formula is C19H17BrClNO4. The van der Waals surface area contributed by atoms with Gasteiger partial charge < -0.3 is 14.7 Å². The summed E-state index contributed by atoms with van der Waals surface area (Å²) in [7, 11) is 0. The molecule has 3 rings (SSSR count). The lowest BCUT2D eigenvalue weighted by Gasteiger charge is -2.22. The maximum absolute atomic E-state index is 12.9. The van der Waals surface area contributed by atoms with E-state index in [9.17, 15) is 14.7 Å². The molecule has 136 valence electrons. The number of ether oxygens (including phenoxy) is 1. The van der Waals surface area contributed by atoms with Crippen molar-refractivity contribution in [3.8, 4) is 5.75 Å². The van der Waals surface area contributed by atoms with Crippen LogP contribution < -0.4 is 9.64 Å². The molecule has 1 atom stereocenters. The number of carbonyl (C=O) groups is 2. The number of anilines is 1. The Morgan fingerprint density at radius 1 is 1.31 bits per heavy atom. The Kier molecular flexibility index (Phi) is 5.37. The third kappa shape index (κ3) is 3.49. The van der Waals surface area contributed by atoms with E-state index in [0.717, 1.165) is 4.47 Å². The monoisotopic (exact) mass is 437 g/mol. The Hall–Kier alpha value is -1.89. The third-order valence-corrected chi connectivity index (χ3v) is 5.01. The maximum Gasteiger partial charge on any atom is 0.264 e. The highest BCUT2D eigenvalue weighted by Crippen LogP contribution is 2.43. The highest BCUT2D eigenvalue weighted by molar-refractivity contribution is 9.10. The van der Waals surface area contributed by atoms with Crippen molar-refractivity contribution in [2.24, 2.45) is 0 Å². The fourth-order valence-electron chi connectivity index (χ4n) is 3.08. The number of ketones is 1. The molecule has 0 radical (unpaired) electrons. The van der Waals surface area contributed by atoms with Crippen LogP contribution in [-0.2, 0) is 15.2 Å². The first-order chi connectivity index (χ1) is 12.3. The molecule has 1 aliphatic heterocycles. The number of hydrogen-bond acceptors (Lipinski definition) is 4. The summed E-state index contributed by atoms with van der Waals surface area (Å²) in [6.07, 6.45) is -0.267. The molecule has 2 aromatic rings. The first kappa shape index (κ1) is 18.9. The van der Waals surface area contributed by atoms with Gasteiger partial charge in [-0.1, -0.05) is 39.7 Å². The van der Waals surface area contributed by atoms with Crippen LogP contribution in [0.15, 0.2) is 46.9 Å². The molecule has 0 spiro atoms. The number of para-hydroxylation sites is 1. The summed E-state index contributed by atoms with van der Waals surface area (Å²) in [6, 6.07) is 12.3. The zero-order valence-corrected chi connectivity index (χ0v) is 16.4. The van der Waals surface area contributed by atoms with E-state index in [-0.39, 0.29) is 25.4 Å². The maximum atomic E-state index is 12.9. The van der Waals surface area contributed by atoms with Crippen molar-refractivity contribution >= 4 is 44.9 Å². The van der Waals surface area contributed by atoms with Crippen LogP contribution in [0, 0.1) is 0 Å². The molecule has 2 aromatic carbocycles. The predicted molar refractivity (Wildman–Crippen MR) is 103 cm³/mol. The minimum absolute atomic E-state index is 0.196. The highest BCUT2D eigenvalue weighted by atomic mass is 79.9. The Balaban J connectivity index is 1.83. The lowest BCUT2D eigenvalue weighted by atomic mass is 9.90. The number of Topliss-reactive ketones (excluding diaryl/α,β-unsaturated/α-hetero) is 1. The molecule has 7 heteroatoms. The van der Waals surface area contributed by atoms with E-state index < -0.39 is 11.5 Å². The Labute approximate surface area is 164 Å². The van der Waals surface area contributed by atoms with Gasteiger partial charge in [-0.2, -0.15) is 0 Å². The molecule has 0 fully saturated rings. The van der Waals surface area contributed by atoms with Gasteiger partial charge in [-0.25, -0.2) is 0 Å². The number of halogens is 2. The molecule has 1 N–H and O–H groups in total. The molecule has 1 heterocycles. The van der Waals surface area contributed by atoms with E-state index in [1.807, 2.05) is 0 Å². The van der Waals surface area contributed by atoms with Crippen LogP contribution in [0.5, 0.6) is 5.75 Å². The van der Waals surface area contributed by atoms with Gasteiger partial charge in [0.25, 0.3) is 5.91 Å². The Bertz CT molecular complexity index is 872. The summed E-state index contributed by atoms with van der Waals surface area (Å²) in [4.78, 5) is 25.9. The summed E-state index contributed by atoms with van der Waals surface area (Å²) in [5, 5.41) is 11.4. The van der Waals surface area contributed by atoms with Gasteiger partial charge in [0.1, 0.15) is 18.1 Å². The van der Waals surface area contributed by atoms with Gasteiger partial charge in [-0.3, -0.25) is 9.59 Å². The molecule has 1 aliphatic rings. The molecule has 0 saturated heterocycles. The van der Waals surface area contributed by atoms with Crippen LogP contribution in [0.2, 0.25) is 5.02 Å². The van der Waals surface area contributed by atoms with E-state index in [1.165, 1.54) is 11.8 Å². The third-order valence-electron chi connectivity index (χ3n) is 4.21. The van der Waals surface area contributed by atoms with Crippen molar-refractivity contribution in [3.63, 3.8) is 0 Å². The first-order valence-corrected chi connectivity index (χ1v) is 9.21. The number of nitrogens with zero attached hydrogens (tertiary/aromatic N) is 1. The van der Waals surface area contributed by atoms with Gasteiger partial charge in [-0.15, -0.1) is 0 Å².